The molecule has 0 saturated carbocycles. The molecule has 29 heavy (non-hydrogen) atoms. The Kier molecular flexibility index (Phi) is 6.57. The predicted octanol–water partition coefficient (Wildman–Crippen LogP) is 4.14. The van der Waals surface area contributed by atoms with Crippen LogP contribution in [0, 0.1) is 36.0 Å². The van der Waals surface area contributed by atoms with Crippen molar-refractivity contribution < 1.29 is 41.4 Å². The molecule has 0 heterocycles. The van der Waals surface area contributed by atoms with Crippen LogP contribution in [0.2, 0.25) is 0 Å². The van der Waals surface area contributed by atoms with Gasteiger partial charge in [0.05, 0.1) is 6.61 Å². The largest absolute Gasteiger partial charge is 0.508 e. The van der Waals surface area contributed by atoms with Crippen LogP contribution >= 0.6 is 0 Å². The van der Waals surface area contributed by atoms with Crippen molar-refractivity contribution in [2.75, 3.05) is 11.9 Å². The molecule has 5 nitrogen and oxygen atoms in total. The van der Waals surface area contributed by atoms with E-state index in [9.17, 15) is 36.6 Å². The van der Waals surface area contributed by atoms with Gasteiger partial charge in [0.1, 0.15) is 16.9 Å². The van der Waals surface area contributed by atoms with Crippen LogP contribution in [0.4, 0.5) is 27.6 Å². The molecule has 0 aliphatic heterocycles. The van der Waals surface area contributed by atoms with E-state index in [1.807, 2.05) is 0 Å². The molecule has 154 valence electrons. The average molecular weight is 415 g/mol. The van der Waals surface area contributed by atoms with Gasteiger partial charge in [-0.05, 0) is 37.6 Å². The molecule has 0 radical (unpaired) electrons. The zero-order valence-corrected chi connectivity index (χ0v) is 15.1. The summed E-state index contributed by atoms with van der Waals surface area (Å²) in [6, 6.07) is 3.98. The van der Waals surface area contributed by atoms with Crippen molar-refractivity contribution in [1.29, 1.82) is 0 Å². The Labute approximate surface area is 161 Å². The molecule has 0 aliphatic carbocycles. The minimum Gasteiger partial charge on any atom is -0.508 e. The second-order valence-corrected chi connectivity index (χ2v) is 5.70. The van der Waals surface area contributed by atoms with Crippen molar-refractivity contribution in [3.05, 3.63) is 70.2 Å². The van der Waals surface area contributed by atoms with E-state index in [4.69, 9.17) is 0 Å². The predicted molar refractivity (Wildman–Crippen MR) is 91.7 cm³/mol. The molecule has 0 bridgehead atoms. The Morgan fingerprint density at radius 3 is 2.10 bits per heavy atom. The minimum absolute atomic E-state index is 0.0693. The van der Waals surface area contributed by atoms with Gasteiger partial charge in [-0.25, -0.2) is 26.7 Å². The molecule has 0 saturated heterocycles. The van der Waals surface area contributed by atoms with Gasteiger partial charge >= 0.3 is 5.97 Å². The fourth-order valence-corrected chi connectivity index (χ4v) is 2.32. The van der Waals surface area contributed by atoms with Gasteiger partial charge < -0.3 is 15.2 Å². The van der Waals surface area contributed by atoms with E-state index in [0.29, 0.717) is 5.56 Å². The van der Waals surface area contributed by atoms with Crippen LogP contribution in [0.3, 0.4) is 0 Å². The molecular formula is C19H14F5NO4. The molecule has 10 heteroatoms. The highest BCUT2D eigenvalue weighted by Crippen LogP contribution is 2.26. The monoisotopic (exact) mass is 415 g/mol. The number of esters is 1. The lowest BCUT2D eigenvalue weighted by Gasteiger charge is -2.11. The van der Waals surface area contributed by atoms with Crippen LogP contribution in [0.5, 0.6) is 5.75 Å². The van der Waals surface area contributed by atoms with Gasteiger partial charge in [-0.2, -0.15) is 0 Å². The maximum atomic E-state index is 14.0. The number of phenols is 1. The van der Waals surface area contributed by atoms with Crippen molar-refractivity contribution in [2.45, 2.75) is 13.8 Å². The minimum atomic E-state index is -2.43. The Bertz CT molecular complexity index is 991. The van der Waals surface area contributed by atoms with Crippen molar-refractivity contribution in [3.8, 4) is 5.75 Å². The maximum absolute atomic E-state index is 14.0. The van der Waals surface area contributed by atoms with Gasteiger partial charge in [0.25, 0.3) is 0 Å². The molecule has 0 aromatic heterocycles. The van der Waals surface area contributed by atoms with E-state index in [1.54, 1.807) is 6.92 Å². The molecule has 0 aliphatic rings. The maximum Gasteiger partial charge on any atom is 0.343 e. The first kappa shape index (κ1) is 21.9. The molecule has 0 spiro atoms. The molecule has 0 unspecified atom stereocenters. The van der Waals surface area contributed by atoms with E-state index in [2.05, 4.69) is 10.1 Å². The number of rotatable bonds is 6. The summed E-state index contributed by atoms with van der Waals surface area (Å²) in [6.07, 6.45) is 0.720. The standard InChI is InChI=1S/C19H14F5NO4/c1-3-29-19(28)10(7-25-11-5-4-9(26)6-8(11)2)18(27)12-13(20)15(22)17(24)16(23)14(12)21/h4-7,25-26H,3H2,1-2H3. The van der Waals surface area contributed by atoms with E-state index < -0.39 is 52.0 Å². The summed E-state index contributed by atoms with van der Waals surface area (Å²) in [5.74, 6) is -15.0. The number of aryl methyl sites for hydroxylation is 1. The van der Waals surface area contributed by atoms with E-state index >= 15 is 0 Å². The first-order chi connectivity index (χ1) is 13.6. The van der Waals surface area contributed by atoms with E-state index in [0.717, 1.165) is 6.20 Å². The lowest BCUT2D eigenvalue weighted by molar-refractivity contribution is -0.138. The fraction of sp³-hybridized carbons (Fsp3) is 0.158. The van der Waals surface area contributed by atoms with Crippen LogP contribution < -0.4 is 5.32 Å². The van der Waals surface area contributed by atoms with Crippen LogP contribution in [-0.2, 0) is 9.53 Å². The molecular weight excluding hydrogens is 401 g/mol. The summed E-state index contributed by atoms with van der Waals surface area (Å²) in [7, 11) is 0. The number of ether oxygens (including phenoxy) is 1. The fourth-order valence-electron chi connectivity index (χ4n) is 2.32. The summed E-state index contributed by atoms with van der Waals surface area (Å²) in [5, 5.41) is 11.9. The number of halogens is 5. The number of benzene rings is 2. The van der Waals surface area contributed by atoms with Crippen molar-refractivity contribution >= 4 is 17.4 Å². The highest BCUT2D eigenvalue weighted by molar-refractivity contribution is 6.24. The highest BCUT2D eigenvalue weighted by Gasteiger charge is 2.33. The third-order valence-corrected chi connectivity index (χ3v) is 3.76. The topological polar surface area (TPSA) is 75.6 Å². The number of carbonyl (C=O) groups excluding carboxylic acids is 2. The van der Waals surface area contributed by atoms with Gasteiger partial charge in [0, 0.05) is 11.9 Å². The molecule has 0 amide bonds. The zero-order chi connectivity index (χ0) is 21.9. The number of phenolic OH excluding ortho intramolecular Hbond substituents is 1. The summed E-state index contributed by atoms with van der Waals surface area (Å²) in [6.45, 7) is 2.72. The highest BCUT2D eigenvalue weighted by atomic mass is 19.2. The smallest absolute Gasteiger partial charge is 0.343 e. The normalized spacial score (nSPS) is 11.3. The van der Waals surface area contributed by atoms with Crippen LogP contribution in [0.25, 0.3) is 0 Å². The van der Waals surface area contributed by atoms with Gasteiger partial charge in [-0.1, -0.05) is 0 Å². The second-order valence-electron chi connectivity index (χ2n) is 5.70. The Balaban J connectivity index is 2.56. The third-order valence-electron chi connectivity index (χ3n) is 3.76. The number of aromatic hydroxyl groups is 1. The van der Waals surface area contributed by atoms with Crippen LogP contribution in [0.15, 0.2) is 30.0 Å². The number of carbonyl (C=O) groups is 2. The number of hydrogen-bond acceptors (Lipinski definition) is 5. The number of ketones is 1. The van der Waals surface area contributed by atoms with E-state index in [1.165, 1.54) is 25.1 Å². The van der Waals surface area contributed by atoms with Crippen molar-refractivity contribution in [3.63, 3.8) is 0 Å². The summed E-state index contributed by atoms with van der Waals surface area (Å²) < 4.78 is 72.6. The molecule has 0 fully saturated rings. The van der Waals surface area contributed by atoms with Gasteiger partial charge in [-0.15, -0.1) is 0 Å². The van der Waals surface area contributed by atoms with Crippen molar-refractivity contribution in [2.24, 2.45) is 0 Å². The Morgan fingerprint density at radius 2 is 1.59 bits per heavy atom. The molecule has 2 aromatic carbocycles. The summed E-state index contributed by atoms with van der Waals surface area (Å²) in [4.78, 5) is 24.6. The van der Waals surface area contributed by atoms with Crippen molar-refractivity contribution in [1.82, 2.24) is 0 Å². The molecule has 2 aromatic rings. The van der Waals surface area contributed by atoms with E-state index in [-0.39, 0.29) is 18.0 Å². The first-order valence-electron chi connectivity index (χ1n) is 8.09. The molecule has 2 N–H and O–H groups in total. The number of anilines is 1. The van der Waals surface area contributed by atoms with Crippen LogP contribution in [-0.4, -0.2) is 23.5 Å². The zero-order valence-electron chi connectivity index (χ0n) is 15.1. The van der Waals surface area contributed by atoms with Gasteiger partial charge in [0.2, 0.25) is 11.6 Å². The average Bonchev–Trinajstić information content (AvgIpc) is 2.67. The third kappa shape index (κ3) is 4.36. The quantitative estimate of drug-likeness (QED) is 0.0854. The number of nitrogens with one attached hydrogen (secondary N) is 1. The molecule has 2 rings (SSSR count). The first-order valence-corrected chi connectivity index (χ1v) is 8.09. The van der Waals surface area contributed by atoms with Gasteiger partial charge in [-0.3, -0.25) is 4.79 Å². The SMILES string of the molecule is CCOC(=O)C(=CNc1ccc(O)cc1C)C(=O)c1c(F)c(F)c(F)c(F)c1F. The number of Topliss-reactive ketones (excluding diaryl/α,β-unsaturated/α-hetero) is 1. The summed E-state index contributed by atoms with van der Waals surface area (Å²) >= 11 is 0. The second kappa shape index (κ2) is 8.72. The van der Waals surface area contributed by atoms with Crippen LogP contribution in [0.1, 0.15) is 22.8 Å². The Morgan fingerprint density at radius 1 is 1.03 bits per heavy atom. The number of hydrogen-bond donors (Lipinski definition) is 2. The Hall–Kier alpha value is -3.43. The molecule has 0 atom stereocenters. The van der Waals surface area contributed by atoms with Gasteiger partial charge in [0.15, 0.2) is 23.3 Å². The lowest BCUT2D eigenvalue weighted by Crippen LogP contribution is -2.21. The summed E-state index contributed by atoms with van der Waals surface area (Å²) in [5.41, 5.74) is -2.03. The lowest BCUT2D eigenvalue weighted by atomic mass is 10.0.